The number of hydrogen-bond donors (Lipinski definition) is 1. The molecule has 1 saturated carbocycles. The molecule has 3 atom stereocenters. The third kappa shape index (κ3) is 2.29. The Morgan fingerprint density at radius 3 is 2.35 bits per heavy atom. The van der Waals surface area contributed by atoms with E-state index in [0.717, 1.165) is 13.0 Å². The third-order valence-electron chi connectivity index (χ3n) is 4.45. The summed E-state index contributed by atoms with van der Waals surface area (Å²) in [7, 11) is 0. The molecule has 0 aromatic rings. The Morgan fingerprint density at radius 1 is 1.18 bits per heavy atom. The second kappa shape index (κ2) is 5.11. The second-order valence-corrected chi connectivity index (χ2v) is 5.38. The van der Waals surface area contributed by atoms with Crippen LogP contribution in [0.4, 0.5) is 4.39 Å². The molecule has 98 valence electrons. The van der Waals surface area contributed by atoms with E-state index in [1.807, 2.05) is 4.90 Å². The van der Waals surface area contributed by atoms with Gasteiger partial charge in [0.15, 0.2) is 0 Å². The maximum atomic E-state index is 13.0. The Kier molecular flexibility index (Phi) is 3.93. The predicted molar refractivity (Wildman–Crippen MR) is 66.0 cm³/mol. The number of fused-ring (bicyclic) bond motifs is 2. The van der Waals surface area contributed by atoms with Gasteiger partial charge < -0.3 is 10.2 Å². The van der Waals surface area contributed by atoms with Crippen molar-refractivity contribution in [1.29, 1.82) is 0 Å². The monoisotopic (exact) mass is 262 g/mol. The Balaban J connectivity index is 0.00000108. The van der Waals surface area contributed by atoms with E-state index in [4.69, 9.17) is 0 Å². The van der Waals surface area contributed by atoms with Crippen molar-refractivity contribution in [3.05, 3.63) is 0 Å². The maximum absolute atomic E-state index is 13.0. The molecule has 3 aliphatic rings. The highest BCUT2D eigenvalue weighted by Crippen LogP contribution is 2.38. The van der Waals surface area contributed by atoms with Gasteiger partial charge in [0.2, 0.25) is 5.91 Å². The number of alkyl halides is 1. The highest BCUT2D eigenvalue weighted by atomic mass is 35.5. The molecule has 3 rings (SSSR count). The molecule has 0 aromatic heterocycles. The summed E-state index contributed by atoms with van der Waals surface area (Å²) in [5.74, 6) is 1.01. The van der Waals surface area contributed by atoms with Crippen LogP contribution in [0.5, 0.6) is 0 Å². The summed E-state index contributed by atoms with van der Waals surface area (Å²) >= 11 is 0. The Hall–Kier alpha value is -0.350. The number of piperidine rings is 2. The standard InChI is InChI=1S/C12H19FN2O.ClH/c13-9-3-5-15(6-4-9)12(16)11-8-1-2-10(11)14-7-8;/h8-11,14H,1-7H2;1H/t8-,10-,11+;/m0./s1. The van der Waals surface area contributed by atoms with Crippen molar-refractivity contribution in [1.82, 2.24) is 10.2 Å². The van der Waals surface area contributed by atoms with Crippen molar-refractivity contribution < 1.29 is 9.18 Å². The van der Waals surface area contributed by atoms with Crippen LogP contribution < -0.4 is 5.32 Å². The SMILES string of the molecule is Cl.O=C([C@@H]1[C@H]2CC[C@@H]1NC2)N1CCC(F)CC1. The normalized spacial score (nSPS) is 37.0. The first-order valence-electron chi connectivity index (χ1n) is 6.42. The van der Waals surface area contributed by atoms with Crippen LogP contribution in [-0.4, -0.2) is 42.7 Å². The number of carbonyl (C=O) groups excluding carboxylic acids is 1. The van der Waals surface area contributed by atoms with Gasteiger partial charge in [0.1, 0.15) is 6.17 Å². The average molecular weight is 263 g/mol. The molecule has 0 radical (unpaired) electrons. The number of nitrogens with zero attached hydrogens (tertiary/aromatic N) is 1. The first kappa shape index (κ1) is 13.1. The summed E-state index contributed by atoms with van der Waals surface area (Å²) in [6.07, 6.45) is 2.69. The van der Waals surface area contributed by atoms with E-state index < -0.39 is 6.17 Å². The Labute approximate surface area is 108 Å². The van der Waals surface area contributed by atoms with E-state index in [2.05, 4.69) is 5.32 Å². The number of likely N-dealkylation sites (tertiary alicyclic amines) is 1. The summed E-state index contributed by atoms with van der Waals surface area (Å²) in [5.41, 5.74) is 0. The Morgan fingerprint density at radius 2 is 1.88 bits per heavy atom. The topological polar surface area (TPSA) is 32.3 Å². The molecule has 17 heavy (non-hydrogen) atoms. The van der Waals surface area contributed by atoms with Crippen molar-refractivity contribution >= 4 is 18.3 Å². The minimum atomic E-state index is -0.692. The van der Waals surface area contributed by atoms with Gasteiger partial charge in [-0.3, -0.25) is 4.79 Å². The molecule has 2 aliphatic heterocycles. The van der Waals surface area contributed by atoms with E-state index in [9.17, 15) is 9.18 Å². The number of halogens is 2. The lowest BCUT2D eigenvalue weighted by Gasteiger charge is -2.31. The number of carbonyl (C=O) groups is 1. The first-order chi connectivity index (χ1) is 7.75. The van der Waals surface area contributed by atoms with Crippen LogP contribution in [0.3, 0.4) is 0 Å². The van der Waals surface area contributed by atoms with Gasteiger partial charge in [0.05, 0.1) is 5.92 Å². The zero-order chi connectivity index (χ0) is 11.1. The van der Waals surface area contributed by atoms with Crippen LogP contribution in [0.15, 0.2) is 0 Å². The minimum Gasteiger partial charge on any atom is -0.342 e. The molecule has 1 N–H and O–H groups in total. The molecule has 0 aromatic carbocycles. The smallest absolute Gasteiger partial charge is 0.227 e. The molecule has 5 heteroatoms. The molecule has 2 bridgehead atoms. The second-order valence-electron chi connectivity index (χ2n) is 5.38. The molecular formula is C12H20ClFN2O. The van der Waals surface area contributed by atoms with E-state index in [1.54, 1.807) is 0 Å². The van der Waals surface area contributed by atoms with Gasteiger partial charge >= 0.3 is 0 Å². The summed E-state index contributed by atoms with van der Waals surface area (Å²) in [4.78, 5) is 14.2. The van der Waals surface area contributed by atoms with Crippen molar-refractivity contribution in [3.8, 4) is 0 Å². The lowest BCUT2D eigenvalue weighted by molar-refractivity contribution is -0.137. The predicted octanol–water partition coefficient (Wildman–Crippen LogP) is 1.37. The molecule has 0 spiro atoms. The van der Waals surface area contributed by atoms with Gasteiger partial charge in [-0.15, -0.1) is 12.4 Å². The quantitative estimate of drug-likeness (QED) is 0.774. The molecular weight excluding hydrogens is 243 g/mol. The Bertz CT molecular complexity index is 274. The molecule has 3 fully saturated rings. The largest absolute Gasteiger partial charge is 0.342 e. The maximum Gasteiger partial charge on any atom is 0.227 e. The fourth-order valence-corrected chi connectivity index (χ4v) is 3.50. The lowest BCUT2D eigenvalue weighted by atomic mass is 9.95. The van der Waals surface area contributed by atoms with Crippen LogP contribution in [-0.2, 0) is 4.79 Å². The van der Waals surface area contributed by atoms with Gasteiger partial charge in [-0.25, -0.2) is 4.39 Å². The number of nitrogens with one attached hydrogen (secondary N) is 1. The summed E-state index contributed by atoms with van der Waals surface area (Å²) in [6.45, 7) is 2.24. The highest BCUT2D eigenvalue weighted by Gasteiger charge is 2.47. The van der Waals surface area contributed by atoms with Crippen LogP contribution in [0.2, 0.25) is 0 Å². The zero-order valence-electron chi connectivity index (χ0n) is 9.90. The van der Waals surface area contributed by atoms with Crippen molar-refractivity contribution in [2.24, 2.45) is 11.8 Å². The molecule has 1 amide bonds. The molecule has 2 heterocycles. The summed E-state index contributed by atoms with van der Waals surface area (Å²) in [5, 5.41) is 3.41. The fourth-order valence-electron chi connectivity index (χ4n) is 3.50. The summed E-state index contributed by atoms with van der Waals surface area (Å²) in [6, 6.07) is 0.403. The van der Waals surface area contributed by atoms with Crippen LogP contribution >= 0.6 is 12.4 Å². The molecule has 1 aliphatic carbocycles. The molecule has 0 unspecified atom stereocenters. The molecule has 2 saturated heterocycles. The van der Waals surface area contributed by atoms with Gasteiger partial charge in [-0.2, -0.15) is 0 Å². The van der Waals surface area contributed by atoms with Gasteiger partial charge in [0.25, 0.3) is 0 Å². The number of rotatable bonds is 1. The number of hydrogen-bond acceptors (Lipinski definition) is 2. The van der Waals surface area contributed by atoms with E-state index in [0.29, 0.717) is 37.9 Å². The first-order valence-corrected chi connectivity index (χ1v) is 6.42. The average Bonchev–Trinajstić information content (AvgIpc) is 2.88. The van der Waals surface area contributed by atoms with Crippen LogP contribution in [0.1, 0.15) is 25.7 Å². The lowest BCUT2D eigenvalue weighted by Crippen LogP contribution is -2.44. The van der Waals surface area contributed by atoms with Gasteiger partial charge in [-0.05, 0) is 38.1 Å². The van der Waals surface area contributed by atoms with E-state index >= 15 is 0 Å². The third-order valence-corrected chi connectivity index (χ3v) is 4.45. The van der Waals surface area contributed by atoms with Gasteiger partial charge in [0, 0.05) is 19.1 Å². The summed E-state index contributed by atoms with van der Waals surface area (Å²) < 4.78 is 13.0. The van der Waals surface area contributed by atoms with Crippen LogP contribution in [0, 0.1) is 11.8 Å². The van der Waals surface area contributed by atoms with Gasteiger partial charge in [-0.1, -0.05) is 0 Å². The van der Waals surface area contributed by atoms with Crippen LogP contribution in [0.25, 0.3) is 0 Å². The van der Waals surface area contributed by atoms with Crippen molar-refractivity contribution in [2.75, 3.05) is 19.6 Å². The number of amides is 1. The van der Waals surface area contributed by atoms with Crippen molar-refractivity contribution in [2.45, 2.75) is 37.9 Å². The highest BCUT2D eigenvalue weighted by molar-refractivity contribution is 5.85. The molecule has 3 nitrogen and oxygen atoms in total. The fraction of sp³-hybridized carbons (Fsp3) is 0.917. The zero-order valence-corrected chi connectivity index (χ0v) is 10.7. The van der Waals surface area contributed by atoms with E-state index in [-0.39, 0.29) is 24.2 Å². The van der Waals surface area contributed by atoms with Crippen molar-refractivity contribution in [3.63, 3.8) is 0 Å². The minimum absolute atomic E-state index is 0. The van der Waals surface area contributed by atoms with E-state index in [1.165, 1.54) is 6.42 Å².